The van der Waals surface area contributed by atoms with Gasteiger partial charge in [0.15, 0.2) is 0 Å². The lowest BCUT2D eigenvalue weighted by Crippen LogP contribution is -2.39. The van der Waals surface area contributed by atoms with Crippen molar-refractivity contribution in [2.24, 2.45) is 7.05 Å². The molecule has 2 aromatic rings. The Hall–Kier alpha value is -3.36. The van der Waals surface area contributed by atoms with Gasteiger partial charge in [0.1, 0.15) is 11.5 Å². The molecular formula is C18H22N6O3. The van der Waals surface area contributed by atoms with Crippen LogP contribution in [-0.4, -0.2) is 51.5 Å². The van der Waals surface area contributed by atoms with Gasteiger partial charge in [0, 0.05) is 49.9 Å². The molecule has 0 spiro atoms. The van der Waals surface area contributed by atoms with Gasteiger partial charge >= 0.3 is 11.7 Å². The summed E-state index contributed by atoms with van der Waals surface area (Å²) in [5.41, 5.74) is 0.897. The molecule has 0 saturated carbocycles. The third-order valence-electron chi connectivity index (χ3n) is 4.57. The zero-order valence-corrected chi connectivity index (χ0v) is 15.4. The first-order valence-electron chi connectivity index (χ1n) is 8.55. The smallest absolute Gasteiger partial charge is 0.338 e. The molecule has 27 heavy (non-hydrogen) atoms. The molecular weight excluding hydrogens is 348 g/mol. The zero-order valence-electron chi connectivity index (χ0n) is 15.4. The number of methoxy groups -OCH3 is 1. The van der Waals surface area contributed by atoms with Gasteiger partial charge in [-0.1, -0.05) is 6.58 Å². The number of rotatable bonds is 5. The van der Waals surface area contributed by atoms with Crippen LogP contribution in [0.4, 0.5) is 10.6 Å². The van der Waals surface area contributed by atoms with Crippen molar-refractivity contribution in [3.05, 3.63) is 46.7 Å². The lowest BCUT2D eigenvalue weighted by atomic mass is 10.2. The molecule has 9 heteroatoms. The summed E-state index contributed by atoms with van der Waals surface area (Å²) in [6, 6.07) is 3.05. The number of pyridine rings is 1. The number of carbonyl (C=O) groups is 1. The van der Waals surface area contributed by atoms with Crippen molar-refractivity contribution in [3.63, 3.8) is 0 Å². The van der Waals surface area contributed by atoms with Crippen molar-refractivity contribution in [1.82, 2.24) is 19.0 Å². The number of aromatic nitrogens is 3. The number of imidazole rings is 1. The number of hydrogen-bond acceptors (Lipinski definition) is 6. The van der Waals surface area contributed by atoms with Crippen molar-refractivity contribution < 1.29 is 9.53 Å². The average Bonchev–Trinajstić information content (AvgIpc) is 3.29. The maximum atomic E-state index is 12.9. The van der Waals surface area contributed by atoms with Crippen LogP contribution in [0.5, 0.6) is 5.88 Å². The van der Waals surface area contributed by atoms with E-state index >= 15 is 0 Å². The number of anilines is 1. The Morgan fingerprint density at radius 2 is 2.07 bits per heavy atom. The van der Waals surface area contributed by atoms with Crippen molar-refractivity contribution in [1.29, 1.82) is 5.41 Å². The summed E-state index contributed by atoms with van der Waals surface area (Å²) in [4.78, 5) is 31.3. The second kappa shape index (κ2) is 7.48. The van der Waals surface area contributed by atoms with Crippen LogP contribution < -0.4 is 15.7 Å². The molecule has 0 aromatic carbocycles. The fourth-order valence-corrected chi connectivity index (χ4v) is 3.03. The molecule has 1 fully saturated rings. The maximum absolute atomic E-state index is 12.9. The van der Waals surface area contributed by atoms with E-state index in [1.54, 1.807) is 23.2 Å². The molecule has 0 unspecified atom stereocenters. The normalized spacial score (nSPS) is 13.5. The summed E-state index contributed by atoms with van der Waals surface area (Å²) >= 11 is 0. The zero-order chi connectivity index (χ0) is 19.6. The number of likely N-dealkylation sites (tertiary alicyclic amines) is 1. The molecule has 1 aliphatic rings. The second-order valence-corrected chi connectivity index (χ2v) is 6.22. The topological polar surface area (TPSA) is 105 Å². The van der Waals surface area contributed by atoms with Gasteiger partial charge in [0.2, 0.25) is 5.88 Å². The molecule has 9 nitrogen and oxygen atoms in total. The number of nitrogens with zero attached hydrogens (tertiary/aromatic N) is 4. The highest BCUT2D eigenvalue weighted by Crippen LogP contribution is 2.21. The van der Waals surface area contributed by atoms with Crippen LogP contribution >= 0.6 is 0 Å². The standard InChI is InChI=1S/C18H22N6O3/c1-12(13-6-7-15(27-3)20-11-13)21-16-14(10-19)22(2)17(25)24(16)18(26)23-8-4-5-9-23/h6-7,10-11,19,21H,1,4-5,8-9H2,2-3H3. The van der Waals surface area contributed by atoms with Crippen molar-refractivity contribution in [2.45, 2.75) is 12.8 Å². The van der Waals surface area contributed by atoms with Gasteiger partial charge in [0.05, 0.1) is 7.11 Å². The first-order valence-corrected chi connectivity index (χ1v) is 8.55. The lowest BCUT2D eigenvalue weighted by Gasteiger charge is -2.18. The monoisotopic (exact) mass is 370 g/mol. The molecule has 0 radical (unpaired) electrons. The van der Waals surface area contributed by atoms with Crippen molar-refractivity contribution in [3.8, 4) is 5.88 Å². The van der Waals surface area contributed by atoms with Crippen LogP contribution in [0.2, 0.25) is 0 Å². The Morgan fingerprint density at radius 3 is 2.63 bits per heavy atom. The molecule has 142 valence electrons. The highest BCUT2D eigenvalue weighted by atomic mass is 16.5. The minimum absolute atomic E-state index is 0.218. The first-order chi connectivity index (χ1) is 13.0. The van der Waals surface area contributed by atoms with Gasteiger partial charge in [0.25, 0.3) is 0 Å². The summed E-state index contributed by atoms with van der Waals surface area (Å²) in [6.45, 7) is 5.20. The van der Waals surface area contributed by atoms with Gasteiger partial charge in [-0.15, -0.1) is 0 Å². The third-order valence-corrected chi connectivity index (χ3v) is 4.57. The molecule has 3 heterocycles. The quantitative estimate of drug-likeness (QED) is 0.780. The van der Waals surface area contributed by atoms with E-state index in [0.29, 0.717) is 30.2 Å². The van der Waals surface area contributed by atoms with Gasteiger partial charge in [-0.25, -0.2) is 14.6 Å². The highest BCUT2D eigenvalue weighted by molar-refractivity contribution is 5.92. The molecule has 0 aliphatic carbocycles. The molecule has 0 atom stereocenters. The lowest BCUT2D eigenvalue weighted by molar-refractivity contribution is 0.210. The average molecular weight is 370 g/mol. The maximum Gasteiger partial charge on any atom is 0.338 e. The summed E-state index contributed by atoms with van der Waals surface area (Å²) < 4.78 is 7.37. The van der Waals surface area contributed by atoms with Crippen LogP contribution in [0.3, 0.4) is 0 Å². The Morgan fingerprint density at radius 1 is 1.37 bits per heavy atom. The van der Waals surface area contributed by atoms with E-state index in [1.165, 1.54) is 18.7 Å². The Labute approximate surface area is 156 Å². The number of amides is 1. The molecule has 3 rings (SSSR count). The SMILES string of the molecule is C=C(Nc1c(C=N)n(C)c(=O)n1C(=O)N1CCCC1)c1ccc(OC)nc1. The Kier molecular flexibility index (Phi) is 5.11. The van der Waals surface area contributed by atoms with Crippen molar-refractivity contribution >= 4 is 23.8 Å². The van der Waals surface area contributed by atoms with Gasteiger partial charge in [-0.3, -0.25) is 4.57 Å². The van der Waals surface area contributed by atoms with E-state index in [1.807, 2.05) is 0 Å². The summed E-state index contributed by atoms with van der Waals surface area (Å²) in [5.74, 6) is 0.683. The van der Waals surface area contributed by atoms with E-state index in [4.69, 9.17) is 10.1 Å². The van der Waals surface area contributed by atoms with Crippen LogP contribution in [-0.2, 0) is 7.05 Å². The Balaban J connectivity index is 1.98. The highest BCUT2D eigenvalue weighted by Gasteiger charge is 2.27. The van der Waals surface area contributed by atoms with E-state index < -0.39 is 11.7 Å². The Bertz CT molecular complexity index is 935. The summed E-state index contributed by atoms with van der Waals surface area (Å²) in [7, 11) is 3.05. The third kappa shape index (κ3) is 3.35. The molecule has 0 bridgehead atoms. The van der Waals surface area contributed by atoms with E-state index in [2.05, 4.69) is 16.9 Å². The van der Waals surface area contributed by atoms with Crippen LogP contribution in [0.25, 0.3) is 5.70 Å². The molecule has 1 amide bonds. The van der Waals surface area contributed by atoms with Gasteiger partial charge in [-0.05, 0) is 18.9 Å². The number of ether oxygens (including phenoxy) is 1. The number of hydrogen-bond donors (Lipinski definition) is 2. The summed E-state index contributed by atoms with van der Waals surface area (Å²) in [6.07, 6.45) is 4.44. The van der Waals surface area contributed by atoms with E-state index in [9.17, 15) is 9.59 Å². The molecule has 1 aliphatic heterocycles. The largest absolute Gasteiger partial charge is 0.481 e. The predicted molar refractivity (Wildman–Crippen MR) is 103 cm³/mol. The minimum atomic E-state index is -0.506. The number of carbonyl (C=O) groups excluding carboxylic acids is 1. The van der Waals surface area contributed by atoms with E-state index in [0.717, 1.165) is 23.6 Å². The second-order valence-electron chi connectivity index (χ2n) is 6.22. The summed E-state index contributed by atoms with van der Waals surface area (Å²) in [5, 5.41) is 10.7. The molecule has 2 aromatic heterocycles. The number of nitrogens with one attached hydrogen (secondary N) is 2. The van der Waals surface area contributed by atoms with Crippen LogP contribution in [0.15, 0.2) is 29.7 Å². The molecule has 1 saturated heterocycles. The van der Waals surface area contributed by atoms with Gasteiger partial charge in [-0.2, -0.15) is 4.57 Å². The van der Waals surface area contributed by atoms with Crippen LogP contribution in [0, 0.1) is 5.41 Å². The molecule has 2 N–H and O–H groups in total. The van der Waals surface area contributed by atoms with E-state index in [-0.39, 0.29) is 11.5 Å². The fourth-order valence-electron chi connectivity index (χ4n) is 3.03. The predicted octanol–water partition coefficient (Wildman–Crippen LogP) is 1.73. The fraction of sp³-hybridized carbons (Fsp3) is 0.333. The van der Waals surface area contributed by atoms with Crippen LogP contribution in [0.1, 0.15) is 24.1 Å². The van der Waals surface area contributed by atoms with Crippen molar-refractivity contribution in [2.75, 3.05) is 25.5 Å². The van der Waals surface area contributed by atoms with Gasteiger partial charge < -0.3 is 20.4 Å². The first kappa shape index (κ1) is 18.4. The minimum Gasteiger partial charge on any atom is -0.481 e.